The maximum absolute atomic E-state index is 6.04. The second kappa shape index (κ2) is 3.32. The van der Waals surface area contributed by atoms with Gasteiger partial charge in [-0.1, -0.05) is 12.1 Å². The number of aromatic amines is 1. The molecule has 1 saturated heterocycles. The summed E-state index contributed by atoms with van der Waals surface area (Å²) in [5.41, 5.74) is 8.43. The molecule has 15 heavy (non-hydrogen) atoms. The summed E-state index contributed by atoms with van der Waals surface area (Å²) in [7, 11) is 0. The standard InChI is InChI=1S/C11H14N4/c12-10-6-13-5-9(10)7-1-2-8-4-14-15-11(8)3-7/h1-4,9-10,13H,5-6,12H2,(H,14,15)/t9?,10-/m0/s1. The summed E-state index contributed by atoms with van der Waals surface area (Å²) in [5, 5.41) is 11.5. The minimum absolute atomic E-state index is 0.227. The van der Waals surface area contributed by atoms with Crippen molar-refractivity contribution in [3.05, 3.63) is 30.0 Å². The van der Waals surface area contributed by atoms with Crippen LogP contribution in [0.1, 0.15) is 11.5 Å². The van der Waals surface area contributed by atoms with E-state index in [2.05, 4.69) is 33.7 Å². The van der Waals surface area contributed by atoms with Crippen molar-refractivity contribution < 1.29 is 0 Å². The number of nitrogens with one attached hydrogen (secondary N) is 2. The van der Waals surface area contributed by atoms with Crippen LogP contribution in [-0.4, -0.2) is 29.3 Å². The molecule has 0 spiro atoms. The third-order valence-electron chi connectivity index (χ3n) is 3.16. The molecule has 4 nitrogen and oxygen atoms in total. The van der Waals surface area contributed by atoms with Crippen LogP contribution < -0.4 is 11.1 Å². The van der Waals surface area contributed by atoms with Crippen molar-refractivity contribution in [2.75, 3.05) is 13.1 Å². The fourth-order valence-electron chi connectivity index (χ4n) is 2.25. The molecule has 1 aromatic carbocycles. The second-order valence-electron chi connectivity index (χ2n) is 4.15. The Hall–Kier alpha value is -1.39. The molecule has 1 aliphatic rings. The minimum atomic E-state index is 0.227. The summed E-state index contributed by atoms with van der Waals surface area (Å²) in [6.07, 6.45) is 1.84. The Bertz CT molecular complexity index is 476. The van der Waals surface area contributed by atoms with Crippen LogP contribution in [0.15, 0.2) is 24.4 Å². The zero-order valence-electron chi connectivity index (χ0n) is 8.40. The van der Waals surface area contributed by atoms with Crippen LogP contribution in [0.25, 0.3) is 10.9 Å². The zero-order valence-corrected chi connectivity index (χ0v) is 8.40. The molecule has 4 heteroatoms. The number of aromatic nitrogens is 2. The normalized spacial score (nSPS) is 26.2. The quantitative estimate of drug-likeness (QED) is 0.633. The molecule has 2 atom stereocenters. The number of hydrogen-bond acceptors (Lipinski definition) is 3. The van der Waals surface area contributed by atoms with Gasteiger partial charge in [0.25, 0.3) is 0 Å². The number of hydrogen-bond donors (Lipinski definition) is 3. The van der Waals surface area contributed by atoms with E-state index in [1.165, 1.54) is 5.56 Å². The molecular weight excluding hydrogens is 188 g/mol. The Morgan fingerprint density at radius 3 is 3.07 bits per heavy atom. The number of nitrogens with zero attached hydrogens (tertiary/aromatic N) is 1. The third-order valence-corrected chi connectivity index (χ3v) is 3.16. The van der Waals surface area contributed by atoms with Crippen LogP contribution >= 0.6 is 0 Å². The molecule has 4 N–H and O–H groups in total. The molecule has 0 bridgehead atoms. The highest BCUT2D eigenvalue weighted by atomic mass is 15.1. The van der Waals surface area contributed by atoms with Gasteiger partial charge in [-0.05, 0) is 11.6 Å². The van der Waals surface area contributed by atoms with Crippen molar-refractivity contribution in [2.45, 2.75) is 12.0 Å². The monoisotopic (exact) mass is 202 g/mol. The summed E-state index contributed by atoms with van der Waals surface area (Å²) in [4.78, 5) is 0. The Kier molecular flexibility index (Phi) is 1.97. The summed E-state index contributed by atoms with van der Waals surface area (Å²) < 4.78 is 0. The molecule has 1 aromatic heterocycles. The first-order chi connectivity index (χ1) is 7.34. The maximum atomic E-state index is 6.04. The fourth-order valence-corrected chi connectivity index (χ4v) is 2.25. The van der Waals surface area contributed by atoms with E-state index in [1.54, 1.807) is 0 Å². The molecule has 2 aromatic rings. The van der Waals surface area contributed by atoms with E-state index >= 15 is 0 Å². The highest BCUT2D eigenvalue weighted by Gasteiger charge is 2.25. The van der Waals surface area contributed by atoms with E-state index in [1.807, 2.05) is 6.20 Å². The zero-order chi connectivity index (χ0) is 10.3. The molecule has 0 radical (unpaired) electrons. The van der Waals surface area contributed by atoms with E-state index in [-0.39, 0.29) is 6.04 Å². The van der Waals surface area contributed by atoms with E-state index in [0.29, 0.717) is 5.92 Å². The fraction of sp³-hybridized carbons (Fsp3) is 0.364. The first-order valence-electron chi connectivity index (χ1n) is 5.24. The van der Waals surface area contributed by atoms with Gasteiger partial charge in [0.1, 0.15) is 0 Å². The third kappa shape index (κ3) is 1.42. The number of nitrogens with two attached hydrogens (primary N) is 1. The predicted molar refractivity (Wildman–Crippen MR) is 59.7 cm³/mol. The molecule has 1 fully saturated rings. The number of fused-ring (bicyclic) bond motifs is 1. The molecule has 78 valence electrons. The molecule has 1 aliphatic heterocycles. The molecule has 1 unspecified atom stereocenters. The van der Waals surface area contributed by atoms with Crippen molar-refractivity contribution in [2.24, 2.45) is 5.73 Å². The Balaban J connectivity index is 2.03. The molecule has 0 aliphatic carbocycles. The van der Waals surface area contributed by atoms with E-state index in [0.717, 1.165) is 24.0 Å². The highest BCUT2D eigenvalue weighted by Crippen LogP contribution is 2.24. The van der Waals surface area contributed by atoms with Crippen LogP contribution in [0.3, 0.4) is 0 Å². The average Bonchev–Trinajstić information content (AvgIpc) is 2.84. The summed E-state index contributed by atoms with van der Waals surface area (Å²) in [6.45, 7) is 1.88. The maximum Gasteiger partial charge on any atom is 0.0653 e. The van der Waals surface area contributed by atoms with Gasteiger partial charge >= 0.3 is 0 Å². The van der Waals surface area contributed by atoms with Crippen molar-refractivity contribution >= 4 is 10.9 Å². The van der Waals surface area contributed by atoms with E-state index in [4.69, 9.17) is 5.73 Å². The van der Waals surface area contributed by atoms with Crippen LogP contribution in [0.5, 0.6) is 0 Å². The van der Waals surface area contributed by atoms with Gasteiger partial charge in [0.2, 0.25) is 0 Å². The van der Waals surface area contributed by atoms with Gasteiger partial charge in [0.05, 0.1) is 11.7 Å². The largest absolute Gasteiger partial charge is 0.326 e. The molecular formula is C11H14N4. The van der Waals surface area contributed by atoms with Crippen molar-refractivity contribution in [3.63, 3.8) is 0 Å². The van der Waals surface area contributed by atoms with Gasteiger partial charge in [-0.15, -0.1) is 0 Å². The number of H-pyrrole nitrogens is 1. The second-order valence-corrected chi connectivity index (χ2v) is 4.15. The molecule has 2 heterocycles. The number of rotatable bonds is 1. The molecule has 3 rings (SSSR count). The van der Waals surface area contributed by atoms with E-state index in [9.17, 15) is 0 Å². The number of benzene rings is 1. The smallest absolute Gasteiger partial charge is 0.0653 e. The topological polar surface area (TPSA) is 66.7 Å². The van der Waals surface area contributed by atoms with Crippen molar-refractivity contribution in [1.82, 2.24) is 15.5 Å². The minimum Gasteiger partial charge on any atom is -0.326 e. The summed E-state index contributed by atoms with van der Waals surface area (Å²) >= 11 is 0. The van der Waals surface area contributed by atoms with Crippen molar-refractivity contribution in [1.29, 1.82) is 0 Å². The van der Waals surface area contributed by atoms with Gasteiger partial charge in [0.15, 0.2) is 0 Å². The van der Waals surface area contributed by atoms with Gasteiger partial charge in [0, 0.05) is 30.4 Å². The first kappa shape index (κ1) is 8.88. The van der Waals surface area contributed by atoms with Crippen LogP contribution in [0, 0.1) is 0 Å². The Morgan fingerprint density at radius 1 is 1.33 bits per heavy atom. The summed E-state index contributed by atoms with van der Waals surface area (Å²) in [5.74, 6) is 0.428. The van der Waals surface area contributed by atoms with Crippen LogP contribution in [-0.2, 0) is 0 Å². The predicted octanol–water partition coefficient (Wildman–Crippen LogP) is 0.577. The highest BCUT2D eigenvalue weighted by molar-refractivity contribution is 5.78. The lowest BCUT2D eigenvalue weighted by atomic mass is 9.94. The Morgan fingerprint density at radius 2 is 2.27 bits per heavy atom. The van der Waals surface area contributed by atoms with Gasteiger partial charge in [-0.2, -0.15) is 5.10 Å². The summed E-state index contributed by atoms with van der Waals surface area (Å²) in [6, 6.07) is 6.62. The molecule has 0 saturated carbocycles. The average molecular weight is 202 g/mol. The van der Waals surface area contributed by atoms with Crippen LogP contribution in [0.4, 0.5) is 0 Å². The lowest BCUT2D eigenvalue weighted by Crippen LogP contribution is -2.27. The Labute approximate surface area is 87.9 Å². The van der Waals surface area contributed by atoms with Crippen molar-refractivity contribution in [3.8, 4) is 0 Å². The lowest BCUT2D eigenvalue weighted by molar-refractivity contribution is 0.654. The van der Waals surface area contributed by atoms with Crippen LogP contribution in [0.2, 0.25) is 0 Å². The first-order valence-corrected chi connectivity index (χ1v) is 5.24. The lowest BCUT2D eigenvalue weighted by Gasteiger charge is -2.14. The van der Waals surface area contributed by atoms with Gasteiger partial charge in [-0.3, -0.25) is 5.10 Å². The molecule has 0 amide bonds. The van der Waals surface area contributed by atoms with Gasteiger partial charge in [-0.25, -0.2) is 0 Å². The van der Waals surface area contributed by atoms with E-state index < -0.39 is 0 Å². The SMILES string of the molecule is N[C@H]1CNCC1c1ccc2cn[nH]c2c1. The van der Waals surface area contributed by atoms with Gasteiger partial charge < -0.3 is 11.1 Å².